The molecular formula is C54H70N4O7. The lowest BCUT2D eigenvalue weighted by atomic mass is 9.79. The summed E-state index contributed by atoms with van der Waals surface area (Å²) in [6, 6.07) is 0. The molecule has 6 aliphatic rings. The highest BCUT2D eigenvalue weighted by Crippen LogP contribution is 2.49. The number of Topliss-reactive ketones (excluding diaryl/α,β-unsaturated/α-hetero) is 1. The first-order chi connectivity index (χ1) is 30.9. The summed E-state index contributed by atoms with van der Waals surface area (Å²) in [5.41, 5.74) is 5.69. The molecule has 1 N–H and O–H groups in total. The summed E-state index contributed by atoms with van der Waals surface area (Å²) in [6.45, 7) is 21.2. The van der Waals surface area contributed by atoms with Gasteiger partial charge in [-0.15, -0.1) is 0 Å². The van der Waals surface area contributed by atoms with Crippen LogP contribution < -0.4 is 0 Å². The Kier molecular flexibility index (Phi) is 15.9. The van der Waals surface area contributed by atoms with Crippen LogP contribution in [-0.4, -0.2) is 71.3 Å². The van der Waals surface area contributed by atoms with E-state index in [1.807, 2.05) is 45.9 Å². The van der Waals surface area contributed by atoms with Crippen LogP contribution in [0, 0.1) is 29.6 Å². The molecule has 0 fully saturated rings. The summed E-state index contributed by atoms with van der Waals surface area (Å²) < 4.78 is 10.8. The summed E-state index contributed by atoms with van der Waals surface area (Å²) in [6.07, 6.45) is 20.1. The molecule has 8 bridgehead atoms. The Bertz CT molecular complexity index is 2390. The largest absolute Gasteiger partial charge is 0.466 e. The number of hydrogen-bond donors (Lipinski definition) is 1. The van der Waals surface area contributed by atoms with Gasteiger partial charge in [-0.1, -0.05) is 92.1 Å². The van der Waals surface area contributed by atoms with Crippen molar-refractivity contribution in [3.63, 3.8) is 0 Å². The molecule has 11 heteroatoms. The zero-order valence-electron chi connectivity index (χ0n) is 40.7. The number of ether oxygens (including phenoxy) is 2. The molecule has 348 valence electrons. The monoisotopic (exact) mass is 887 g/mol. The molecule has 0 aromatic heterocycles. The number of nitrogens with zero attached hydrogens (tertiary/aromatic N) is 4. The van der Waals surface area contributed by atoms with E-state index < -0.39 is 23.3 Å². The van der Waals surface area contributed by atoms with Gasteiger partial charge >= 0.3 is 11.9 Å². The van der Waals surface area contributed by atoms with Crippen molar-refractivity contribution in [2.75, 3.05) is 13.7 Å². The zero-order chi connectivity index (χ0) is 47.3. The van der Waals surface area contributed by atoms with Gasteiger partial charge in [0.1, 0.15) is 6.61 Å². The van der Waals surface area contributed by atoms with E-state index in [0.717, 1.165) is 54.8 Å². The van der Waals surface area contributed by atoms with Crippen molar-refractivity contribution in [1.82, 2.24) is 0 Å². The van der Waals surface area contributed by atoms with Gasteiger partial charge < -0.3 is 14.6 Å². The number of hydrogen-bond acceptors (Lipinski definition) is 11. The lowest BCUT2D eigenvalue weighted by molar-refractivity contribution is -0.161. The Morgan fingerprint density at radius 3 is 2.11 bits per heavy atom. The third-order valence-electron chi connectivity index (χ3n) is 14.3. The highest BCUT2D eigenvalue weighted by Gasteiger charge is 2.61. The van der Waals surface area contributed by atoms with Gasteiger partial charge in [-0.3, -0.25) is 19.4 Å². The summed E-state index contributed by atoms with van der Waals surface area (Å²) in [5, 5.41) is 12.3. The Labute approximate surface area is 386 Å². The highest BCUT2D eigenvalue weighted by molar-refractivity contribution is 6.35. The zero-order valence-corrected chi connectivity index (χ0v) is 40.7. The minimum atomic E-state index is -2.72. The minimum Gasteiger partial charge on any atom is -0.466 e. The Morgan fingerprint density at radius 2 is 1.46 bits per heavy atom. The second kappa shape index (κ2) is 21.0. The number of fused-ring (bicyclic) bond motifs is 4. The summed E-state index contributed by atoms with van der Waals surface area (Å²) in [4.78, 5) is 73.8. The topological polar surface area (TPSA) is 156 Å². The smallest absolute Gasteiger partial charge is 0.351 e. The van der Waals surface area contributed by atoms with Gasteiger partial charge in [0.25, 0.3) is 5.60 Å². The van der Waals surface area contributed by atoms with Gasteiger partial charge in [0.05, 0.1) is 58.2 Å². The van der Waals surface area contributed by atoms with Crippen molar-refractivity contribution < 1.29 is 33.8 Å². The molecule has 0 spiro atoms. The first-order valence-electron chi connectivity index (χ1n) is 23.9. The number of esters is 2. The van der Waals surface area contributed by atoms with Crippen LogP contribution in [0.2, 0.25) is 0 Å². The van der Waals surface area contributed by atoms with E-state index in [4.69, 9.17) is 29.4 Å². The molecule has 0 aromatic rings. The molecule has 0 saturated carbocycles. The lowest BCUT2D eigenvalue weighted by Gasteiger charge is -2.26. The average molecular weight is 887 g/mol. The van der Waals surface area contributed by atoms with Crippen molar-refractivity contribution >= 4 is 46.9 Å². The molecular weight excluding hydrogens is 817 g/mol. The fourth-order valence-electron chi connectivity index (χ4n) is 9.91. The molecule has 5 aliphatic heterocycles. The van der Waals surface area contributed by atoms with E-state index in [1.54, 1.807) is 13.0 Å². The van der Waals surface area contributed by atoms with Crippen LogP contribution >= 0.6 is 0 Å². The molecule has 0 unspecified atom stereocenters. The van der Waals surface area contributed by atoms with Crippen molar-refractivity contribution in [2.24, 2.45) is 49.6 Å². The number of carbonyl (C=O) groups is 4. The predicted molar refractivity (Wildman–Crippen MR) is 259 cm³/mol. The normalized spacial score (nSPS) is 23.7. The number of rotatable bonds is 20. The first-order valence-corrected chi connectivity index (χ1v) is 23.9. The molecule has 6 rings (SSSR count). The maximum Gasteiger partial charge on any atom is 0.351 e. The fourth-order valence-corrected chi connectivity index (χ4v) is 9.91. The number of aliphatic hydroxyl groups is 1. The van der Waals surface area contributed by atoms with Crippen LogP contribution in [0.15, 0.2) is 112 Å². The quantitative estimate of drug-likeness (QED) is 0.0552. The number of aliphatic imine (C=N–C) groups is 4. The minimum absolute atomic E-state index is 0.0365. The lowest BCUT2D eigenvalue weighted by Crippen LogP contribution is -2.49. The second-order valence-corrected chi connectivity index (χ2v) is 19.5. The van der Waals surface area contributed by atoms with Crippen molar-refractivity contribution in [2.45, 2.75) is 152 Å². The van der Waals surface area contributed by atoms with Gasteiger partial charge in [0, 0.05) is 29.5 Å². The van der Waals surface area contributed by atoms with Crippen LogP contribution in [0.4, 0.5) is 0 Å². The van der Waals surface area contributed by atoms with Crippen LogP contribution in [-0.2, 0) is 28.7 Å². The molecule has 1 aliphatic carbocycles. The molecule has 11 nitrogen and oxygen atoms in total. The van der Waals surface area contributed by atoms with Crippen molar-refractivity contribution in [1.29, 1.82) is 0 Å². The van der Waals surface area contributed by atoms with Gasteiger partial charge in [-0.25, -0.2) is 19.8 Å². The maximum absolute atomic E-state index is 14.4. The predicted octanol–water partition coefficient (Wildman–Crippen LogP) is 10.7. The van der Waals surface area contributed by atoms with E-state index in [2.05, 4.69) is 34.6 Å². The van der Waals surface area contributed by atoms with Crippen LogP contribution in [0.5, 0.6) is 0 Å². The van der Waals surface area contributed by atoms with Gasteiger partial charge in [-0.2, -0.15) is 0 Å². The van der Waals surface area contributed by atoms with Gasteiger partial charge in [0.15, 0.2) is 6.29 Å². The highest BCUT2D eigenvalue weighted by atomic mass is 16.5. The fraction of sp³-hybridized carbons (Fsp3) is 0.556. The molecule has 0 saturated heterocycles. The van der Waals surface area contributed by atoms with E-state index in [9.17, 15) is 24.3 Å². The van der Waals surface area contributed by atoms with E-state index >= 15 is 0 Å². The molecule has 5 atom stereocenters. The van der Waals surface area contributed by atoms with E-state index in [0.29, 0.717) is 57.7 Å². The number of carbonyl (C=O) groups excluding carboxylic acids is 4. The second-order valence-electron chi connectivity index (χ2n) is 19.5. The van der Waals surface area contributed by atoms with Crippen molar-refractivity contribution in [3.05, 3.63) is 91.7 Å². The summed E-state index contributed by atoms with van der Waals surface area (Å²) >= 11 is 0. The third kappa shape index (κ3) is 10.3. The van der Waals surface area contributed by atoms with Crippen LogP contribution in [0.1, 0.15) is 146 Å². The Hall–Kier alpha value is -5.16. The molecule has 0 aromatic carbocycles. The molecule has 0 amide bonds. The molecule has 65 heavy (non-hydrogen) atoms. The van der Waals surface area contributed by atoms with Crippen molar-refractivity contribution in [3.8, 4) is 0 Å². The summed E-state index contributed by atoms with van der Waals surface area (Å²) in [5.74, 6) is -0.965. The van der Waals surface area contributed by atoms with Crippen LogP contribution in [0.3, 0.4) is 0 Å². The standard InChI is InChI=1S/C54H70N4O7/c1-12-38-40(29-59)46-27-42-35(8)34(7)41(55-42)26-43-36(9)39(22-23-47(60)65-25-24-33(6)21-15-20-32(5)19-14-18-31(4)17-13-16-30(2)3)50(57-43)49-51-48(52(61)54(49,63)53(62)64-11)37(10)44(58-51)28-45(38)56-46/h24,26-32,36,39,63H,12-23,25H2,1-11H3/t31-,32-,36+,39-,54-/m1/s1. The maximum atomic E-state index is 14.4. The van der Waals surface area contributed by atoms with E-state index in [1.165, 1.54) is 50.5 Å². The van der Waals surface area contributed by atoms with E-state index in [-0.39, 0.29) is 53.9 Å². The Balaban J connectivity index is 1.21. The third-order valence-corrected chi connectivity index (χ3v) is 14.3. The molecule has 0 radical (unpaired) electrons. The number of aldehydes is 1. The summed E-state index contributed by atoms with van der Waals surface area (Å²) in [7, 11) is 1.12. The number of allylic oxidation sites excluding steroid dienone is 11. The Morgan fingerprint density at radius 1 is 0.831 bits per heavy atom. The first kappa shape index (κ1) is 49.3. The van der Waals surface area contributed by atoms with Gasteiger partial charge in [0.2, 0.25) is 5.78 Å². The SMILES string of the molecule is CCC1=C(C=O)C2=NC1=CC1=NC3=C(C4=NC(=CC5=NC(=C2)C(C)=C5C)[C@@H](C)[C@H]4CCC(=O)OCC=C(C)CCC[C@H](C)CCC[C@H](C)CCCC(C)C)[C@](O)(C(=O)OC)C(=O)C3=C1C. The number of methoxy groups -OCH3 is 1. The van der Waals surface area contributed by atoms with Gasteiger partial charge in [-0.05, 0) is 118 Å². The average Bonchev–Trinajstić information content (AvgIpc) is 3.99. The number of ketones is 1. The molecule has 5 heterocycles. The van der Waals surface area contributed by atoms with Crippen LogP contribution in [0.25, 0.3) is 0 Å².